The van der Waals surface area contributed by atoms with E-state index in [9.17, 15) is 4.79 Å². The Morgan fingerprint density at radius 2 is 2.13 bits per heavy atom. The van der Waals surface area contributed by atoms with Gasteiger partial charge in [0.15, 0.2) is 0 Å². The van der Waals surface area contributed by atoms with Gasteiger partial charge in [-0.2, -0.15) is 4.98 Å². The number of hydrogen-bond donors (Lipinski definition) is 1. The summed E-state index contributed by atoms with van der Waals surface area (Å²) in [4.78, 5) is 17.5. The number of anilines is 1. The Morgan fingerprint density at radius 3 is 2.83 bits per heavy atom. The van der Waals surface area contributed by atoms with Crippen molar-refractivity contribution in [1.82, 2.24) is 14.8 Å². The molecule has 1 aliphatic rings. The van der Waals surface area contributed by atoms with E-state index in [1.54, 1.807) is 23.4 Å². The van der Waals surface area contributed by atoms with Crippen molar-refractivity contribution in [3.8, 4) is 5.75 Å². The molecular weight excluding hydrogens is 400 g/mol. The Morgan fingerprint density at radius 1 is 1.33 bits per heavy atom. The molecule has 0 saturated carbocycles. The summed E-state index contributed by atoms with van der Waals surface area (Å²) < 4.78 is 13.0. The topological polar surface area (TPSA) is 78.3 Å². The molecule has 3 rings (SSSR count). The van der Waals surface area contributed by atoms with Crippen LogP contribution >= 0.6 is 11.8 Å². The quantitative estimate of drug-likeness (QED) is 0.347. The second kappa shape index (κ2) is 10.0. The standard InChI is InChI=1S/C22H30N4O3S/c1-6-8-12-30-22-24-21-23-15(5)18(20(27)28-7-2)19(26(21)25-22)16-10-9-11-17(13-16)29-14(3)4/h9-11,13-14,19H,6-8,12H2,1-5H3,(H,23,24,25). The lowest BCUT2D eigenvalue weighted by molar-refractivity contribution is -0.139. The van der Waals surface area contributed by atoms with Gasteiger partial charge in [0.05, 0.1) is 18.3 Å². The van der Waals surface area contributed by atoms with E-state index in [0.717, 1.165) is 35.6 Å². The van der Waals surface area contributed by atoms with Gasteiger partial charge in [-0.1, -0.05) is 37.2 Å². The minimum atomic E-state index is -0.441. The van der Waals surface area contributed by atoms with Gasteiger partial charge in [-0.3, -0.25) is 0 Å². The molecule has 0 radical (unpaired) electrons. The molecule has 0 aliphatic carbocycles. The number of allylic oxidation sites excluding steroid dienone is 1. The van der Waals surface area contributed by atoms with Crippen LogP contribution in [0.25, 0.3) is 0 Å². The molecule has 0 saturated heterocycles. The number of esters is 1. The van der Waals surface area contributed by atoms with E-state index < -0.39 is 6.04 Å². The summed E-state index contributed by atoms with van der Waals surface area (Å²) in [6.07, 6.45) is 2.28. The number of carbonyl (C=O) groups excluding carboxylic acids is 1. The molecule has 8 heteroatoms. The molecule has 162 valence electrons. The zero-order chi connectivity index (χ0) is 21.7. The summed E-state index contributed by atoms with van der Waals surface area (Å²) in [5, 5.41) is 8.65. The van der Waals surface area contributed by atoms with Crippen molar-refractivity contribution in [3.05, 3.63) is 41.1 Å². The molecule has 30 heavy (non-hydrogen) atoms. The average Bonchev–Trinajstić information content (AvgIpc) is 3.09. The number of unbranched alkanes of at least 4 members (excludes halogenated alkanes) is 1. The highest BCUT2D eigenvalue weighted by atomic mass is 32.2. The van der Waals surface area contributed by atoms with Crippen LogP contribution in [0.3, 0.4) is 0 Å². The lowest BCUT2D eigenvalue weighted by atomic mass is 9.95. The highest BCUT2D eigenvalue weighted by Crippen LogP contribution is 2.37. The number of ether oxygens (including phenoxy) is 2. The number of nitrogens with one attached hydrogen (secondary N) is 1. The molecule has 1 aromatic carbocycles. The molecule has 0 amide bonds. The molecule has 2 aromatic rings. The van der Waals surface area contributed by atoms with Gasteiger partial charge in [-0.05, 0) is 51.8 Å². The smallest absolute Gasteiger partial charge is 0.338 e. The fourth-order valence-electron chi connectivity index (χ4n) is 3.31. The second-order valence-corrected chi connectivity index (χ2v) is 8.45. The molecular formula is C22H30N4O3S. The van der Waals surface area contributed by atoms with E-state index in [2.05, 4.69) is 17.2 Å². The minimum absolute atomic E-state index is 0.0542. The highest BCUT2D eigenvalue weighted by Gasteiger charge is 2.35. The van der Waals surface area contributed by atoms with E-state index in [1.165, 1.54) is 0 Å². The first-order valence-corrected chi connectivity index (χ1v) is 11.4. The molecule has 1 aromatic heterocycles. The zero-order valence-corrected chi connectivity index (χ0v) is 19.1. The molecule has 1 aliphatic heterocycles. The highest BCUT2D eigenvalue weighted by molar-refractivity contribution is 7.99. The van der Waals surface area contributed by atoms with Gasteiger partial charge in [0.2, 0.25) is 11.1 Å². The number of thioether (sulfide) groups is 1. The third-order valence-corrected chi connectivity index (χ3v) is 5.53. The van der Waals surface area contributed by atoms with Crippen LogP contribution in [-0.2, 0) is 9.53 Å². The first kappa shape index (κ1) is 22.2. The van der Waals surface area contributed by atoms with Crippen molar-refractivity contribution >= 4 is 23.7 Å². The average molecular weight is 431 g/mol. The van der Waals surface area contributed by atoms with Crippen molar-refractivity contribution in [3.63, 3.8) is 0 Å². The van der Waals surface area contributed by atoms with Crippen LogP contribution < -0.4 is 10.1 Å². The van der Waals surface area contributed by atoms with E-state index in [0.29, 0.717) is 23.3 Å². The van der Waals surface area contributed by atoms with E-state index >= 15 is 0 Å². The van der Waals surface area contributed by atoms with Gasteiger partial charge >= 0.3 is 5.97 Å². The Bertz CT molecular complexity index is 923. The first-order chi connectivity index (χ1) is 14.4. The number of nitrogens with zero attached hydrogens (tertiary/aromatic N) is 3. The molecule has 0 spiro atoms. The van der Waals surface area contributed by atoms with Crippen molar-refractivity contribution in [2.24, 2.45) is 0 Å². The molecule has 2 heterocycles. The molecule has 1 atom stereocenters. The monoisotopic (exact) mass is 430 g/mol. The van der Waals surface area contributed by atoms with Crippen LogP contribution in [0.2, 0.25) is 0 Å². The summed E-state index contributed by atoms with van der Waals surface area (Å²) in [5.41, 5.74) is 2.15. The molecule has 1 N–H and O–H groups in total. The molecule has 7 nitrogen and oxygen atoms in total. The second-order valence-electron chi connectivity index (χ2n) is 7.39. The number of rotatable bonds is 9. The fraction of sp³-hybridized carbons (Fsp3) is 0.500. The Kier molecular flexibility index (Phi) is 7.42. The summed E-state index contributed by atoms with van der Waals surface area (Å²) >= 11 is 1.63. The van der Waals surface area contributed by atoms with Crippen LogP contribution in [0.1, 0.15) is 59.1 Å². The lowest BCUT2D eigenvalue weighted by Crippen LogP contribution is -2.29. The van der Waals surface area contributed by atoms with Gasteiger partial charge in [0.25, 0.3) is 0 Å². The summed E-state index contributed by atoms with van der Waals surface area (Å²) in [6.45, 7) is 10.1. The van der Waals surface area contributed by atoms with Crippen LogP contribution in [-0.4, -0.2) is 39.2 Å². The maximum atomic E-state index is 12.9. The van der Waals surface area contributed by atoms with Crippen LogP contribution in [0.5, 0.6) is 5.75 Å². The van der Waals surface area contributed by atoms with Gasteiger partial charge in [0, 0.05) is 11.4 Å². The number of carbonyl (C=O) groups is 1. The largest absolute Gasteiger partial charge is 0.491 e. The molecule has 0 bridgehead atoms. The normalized spacial score (nSPS) is 15.7. The zero-order valence-electron chi connectivity index (χ0n) is 18.3. The van der Waals surface area contributed by atoms with Crippen LogP contribution in [0.4, 0.5) is 5.95 Å². The van der Waals surface area contributed by atoms with Gasteiger partial charge in [-0.15, -0.1) is 5.10 Å². The fourth-order valence-corrected chi connectivity index (χ4v) is 4.22. The Labute approximate surface area is 182 Å². The molecule has 0 fully saturated rings. The van der Waals surface area contributed by atoms with Gasteiger partial charge < -0.3 is 14.8 Å². The third kappa shape index (κ3) is 4.98. The van der Waals surface area contributed by atoms with Gasteiger partial charge in [0.1, 0.15) is 11.8 Å². The van der Waals surface area contributed by atoms with Crippen molar-refractivity contribution in [2.45, 2.75) is 64.8 Å². The van der Waals surface area contributed by atoms with Crippen molar-refractivity contribution < 1.29 is 14.3 Å². The van der Waals surface area contributed by atoms with Gasteiger partial charge in [-0.25, -0.2) is 9.48 Å². The maximum absolute atomic E-state index is 12.9. The summed E-state index contributed by atoms with van der Waals surface area (Å²) in [6, 6.07) is 7.34. The predicted molar refractivity (Wildman–Crippen MR) is 119 cm³/mol. The maximum Gasteiger partial charge on any atom is 0.338 e. The summed E-state index contributed by atoms with van der Waals surface area (Å²) in [5.74, 6) is 1.98. The number of aromatic nitrogens is 3. The van der Waals surface area contributed by atoms with E-state index in [4.69, 9.17) is 14.6 Å². The van der Waals surface area contributed by atoms with E-state index in [-0.39, 0.29) is 12.1 Å². The SMILES string of the molecule is CCCCSc1nc2n(n1)C(c1cccc(OC(C)C)c1)C(C(=O)OCC)=C(C)N2. The number of hydrogen-bond acceptors (Lipinski definition) is 7. The Hall–Kier alpha value is -2.48. The van der Waals surface area contributed by atoms with Crippen LogP contribution in [0, 0.1) is 0 Å². The predicted octanol–water partition coefficient (Wildman–Crippen LogP) is 4.81. The third-order valence-electron chi connectivity index (χ3n) is 4.60. The minimum Gasteiger partial charge on any atom is -0.491 e. The molecule has 1 unspecified atom stereocenters. The number of benzene rings is 1. The number of fused-ring (bicyclic) bond motifs is 1. The first-order valence-electron chi connectivity index (χ1n) is 10.4. The Balaban J connectivity index is 2.04. The lowest BCUT2D eigenvalue weighted by Gasteiger charge is -2.28. The summed E-state index contributed by atoms with van der Waals surface area (Å²) in [7, 11) is 0. The van der Waals surface area contributed by atoms with Crippen molar-refractivity contribution in [2.75, 3.05) is 17.7 Å². The van der Waals surface area contributed by atoms with E-state index in [1.807, 2.05) is 45.0 Å². The van der Waals surface area contributed by atoms with Crippen molar-refractivity contribution in [1.29, 1.82) is 0 Å². The van der Waals surface area contributed by atoms with Crippen LogP contribution in [0.15, 0.2) is 40.7 Å².